The standard InChI is InChI=1S/C8H9BrO.C2H4O2/c1-6(10)7-2-4-8(9)5-3-7;1-2(3)4/h2-6,10H,1H3;1H3,(H,3,4). The van der Waals surface area contributed by atoms with Crippen LogP contribution < -0.4 is 0 Å². The van der Waals surface area contributed by atoms with E-state index in [9.17, 15) is 0 Å². The Hall–Kier alpha value is -0.870. The number of aliphatic hydroxyl groups is 1. The van der Waals surface area contributed by atoms with E-state index in [4.69, 9.17) is 15.0 Å². The molecule has 0 saturated heterocycles. The lowest BCUT2D eigenvalue weighted by Crippen LogP contribution is -1.88. The van der Waals surface area contributed by atoms with Gasteiger partial charge in [-0.3, -0.25) is 4.79 Å². The fraction of sp³-hybridized carbons (Fsp3) is 0.300. The predicted molar refractivity (Wildman–Crippen MR) is 58.1 cm³/mol. The van der Waals surface area contributed by atoms with Crippen LogP contribution in [0.15, 0.2) is 28.7 Å². The second-order valence-corrected chi connectivity index (χ2v) is 3.66. The van der Waals surface area contributed by atoms with Gasteiger partial charge < -0.3 is 10.2 Å². The van der Waals surface area contributed by atoms with Crippen molar-refractivity contribution in [2.45, 2.75) is 20.0 Å². The van der Waals surface area contributed by atoms with Crippen molar-refractivity contribution in [3.63, 3.8) is 0 Å². The first-order valence-electron chi connectivity index (χ1n) is 4.06. The van der Waals surface area contributed by atoms with Crippen LogP contribution in [0.5, 0.6) is 0 Å². The third kappa shape index (κ3) is 6.62. The number of halogens is 1. The van der Waals surface area contributed by atoms with Gasteiger partial charge in [0.05, 0.1) is 6.10 Å². The first-order valence-corrected chi connectivity index (χ1v) is 4.86. The molecule has 0 spiro atoms. The fourth-order valence-electron chi connectivity index (χ4n) is 0.741. The lowest BCUT2D eigenvalue weighted by Gasteiger charge is -2.02. The normalized spacial score (nSPS) is 11.1. The number of carboxylic acid groups (broad SMARTS) is 1. The van der Waals surface area contributed by atoms with Crippen molar-refractivity contribution < 1.29 is 15.0 Å². The molecular weight excluding hydrogens is 248 g/mol. The monoisotopic (exact) mass is 260 g/mol. The van der Waals surface area contributed by atoms with E-state index in [0.29, 0.717) is 0 Å². The average molecular weight is 261 g/mol. The second kappa shape index (κ2) is 6.56. The summed E-state index contributed by atoms with van der Waals surface area (Å²) in [5.41, 5.74) is 0.947. The molecule has 14 heavy (non-hydrogen) atoms. The van der Waals surface area contributed by atoms with Gasteiger partial charge in [0.25, 0.3) is 5.97 Å². The van der Waals surface area contributed by atoms with E-state index < -0.39 is 5.97 Å². The van der Waals surface area contributed by atoms with Crippen molar-refractivity contribution in [2.24, 2.45) is 0 Å². The molecule has 1 unspecified atom stereocenters. The Balaban J connectivity index is 0.000000364. The van der Waals surface area contributed by atoms with Gasteiger partial charge in [-0.25, -0.2) is 0 Å². The van der Waals surface area contributed by atoms with Crippen LogP contribution in [0.1, 0.15) is 25.5 Å². The lowest BCUT2D eigenvalue weighted by atomic mass is 10.1. The zero-order valence-electron chi connectivity index (χ0n) is 8.07. The number of aliphatic carboxylic acids is 1. The molecule has 4 heteroatoms. The summed E-state index contributed by atoms with van der Waals surface area (Å²) in [6, 6.07) is 7.63. The largest absolute Gasteiger partial charge is 0.481 e. The molecule has 1 atom stereocenters. The van der Waals surface area contributed by atoms with Gasteiger partial charge in [0, 0.05) is 11.4 Å². The molecule has 0 radical (unpaired) electrons. The van der Waals surface area contributed by atoms with Crippen molar-refractivity contribution in [3.8, 4) is 0 Å². The van der Waals surface area contributed by atoms with E-state index >= 15 is 0 Å². The van der Waals surface area contributed by atoms with Crippen LogP contribution in [-0.2, 0) is 4.79 Å². The smallest absolute Gasteiger partial charge is 0.300 e. The molecule has 0 bridgehead atoms. The molecule has 78 valence electrons. The first kappa shape index (κ1) is 13.1. The van der Waals surface area contributed by atoms with Crippen LogP contribution in [0, 0.1) is 0 Å². The minimum absolute atomic E-state index is 0.368. The van der Waals surface area contributed by atoms with E-state index in [-0.39, 0.29) is 6.10 Å². The van der Waals surface area contributed by atoms with Crippen LogP contribution in [-0.4, -0.2) is 16.2 Å². The van der Waals surface area contributed by atoms with Crippen molar-refractivity contribution in [3.05, 3.63) is 34.3 Å². The number of rotatable bonds is 1. The van der Waals surface area contributed by atoms with Gasteiger partial charge in [-0.2, -0.15) is 0 Å². The minimum atomic E-state index is -0.833. The highest BCUT2D eigenvalue weighted by Crippen LogP contribution is 2.15. The molecule has 0 aliphatic rings. The maximum Gasteiger partial charge on any atom is 0.300 e. The molecule has 3 nitrogen and oxygen atoms in total. The summed E-state index contributed by atoms with van der Waals surface area (Å²) in [6.07, 6.45) is -0.368. The first-order chi connectivity index (χ1) is 6.43. The summed E-state index contributed by atoms with van der Waals surface area (Å²) in [5.74, 6) is -0.833. The SMILES string of the molecule is CC(=O)O.CC(O)c1ccc(Br)cc1. The highest BCUT2D eigenvalue weighted by Gasteiger charge is 1.97. The molecule has 0 amide bonds. The molecule has 1 rings (SSSR count). The third-order valence-corrected chi connectivity index (χ3v) is 1.88. The number of hydrogen-bond donors (Lipinski definition) is 2. The van der Waals surface area contributed by atoms with Gasteiger partial charge in [0.15, 0.2) is 0 Å². The molecule has 0 aliphatic heterocycles. The molecule has 2 N–H and O–H groups in total. The number of benzene rings is 1. The lowest BCUT2D eigenvalue weighted by molar-refractivity contribution is -0.134. The number of carboxylic acids is 1. The molecule has 0 aromatic heterocycles. The highest BCUT2D eigenvalue weighted by molar-refractivity contribution is 9.10. The van der Waals surface area contributed by atoms with E-state index in [1.54, 1.807) is 6.92 Å². The number of aliphatic hydroxyl groups excluding tert-OH is 1. The maximum absolute atomic E-state index is 9.10. The Morgan fingerprint density at radius 2 is 1.71 bits per heavy atom. The number of carbonyl (C=O) groups is 1. The second-order valence-electron chi connectivity index (χ2n) is 2.75. The van der Waals surface area contributed by atoms with Gasteiger partial charge in [0.2, 0.25) is 0 Å². The zero-order chi connectivity index (χ0) is 11.1. The van der Waals surface area contributed by atoms with Crippen LogP contribution in [0.3, 0.4) is 0 Å². The Morgan fingerprint density at radius 1 is 1.36 bits per heavy atom. The molecule has 0 heterocycles. The van der Waals surface area contributed by atoms with Crippen LogP contribution in [0.25, 0.3) is 0 Å². The molecule has 0 aliphatic carbocycles. The van der Waals surface area contributed by atoms with E-state index in [0.717, 1.165) is 17.0 Å². The zero-order valence-corrected chi connectivity index (χ0v) is 9.65. The number of hydrogen-bond acceptors (Lipinski definition) is 2. The summed E-state index contributed by atoms with van der Waals surface area (Å²) in [4.78, 5) is 9.00. The quantitative estimate of drug-likeness (QED) is 0.816. The van der Waals surface area contributed by atoms with Crippen LogP contribution >= 0.6 is 15.9 Å². The van der Waals surface area contributed by atoms with Crippen molar-refractivity contribution >= 4 is 21.9 Å². The van der Waals surface area contributed by atoms with Gasteiger partial charge in [-0.1, -0.05) is 28.1 Å². The van der Waals surface area contributed by atoms with Gasteiger partial charge in [0.1, 0.15) is 0 Å². The summed E-state index contributed by atoms with van der Waals surface area (Å²) < 4.78 is 1.04. The molecular formula is C10H13BrO3. The Kier molecular flexibility index (Phi) is 6.16. The molecule has 1 aromatic rings. The van der Waals surface area contributed by atoms with Crippen molar-refractivity contribution in [2.75, 3.05) is 0 Å². The molecule has 0 fully saturated rings. The third-order valence-electron chi connectivity index (χ3n) is 1.35. The van der Waals surface area contributed by atoms with Gasteiger partial charge in [-0.15, -0.1) is 0 Å². The Bertz CT molecular complexity index is 276. The van der Waals surface area contributed by atoms with Gasteiger partial charge >= 0.3 is 0 Å². The molecule has 1 aromatic carbocycles. The summed E-state index contributed by atoms with van der Waals surface area (Å²) in [5, 5.41) is 16.5. The maximum atomic E-state index is 9.10. The van der Waals surface area contributed by atoms with Crippen LogP contribution in [0.4, 0.5) is 0 Å². The summed E-state index contributed by atoms with van der Waals surface area (Å²) in [7, 11) is 0. The summed E-state index contributed by atoms with van der Waals surface area (Å²) in [6.45, 7) is 2.84. The molecule has 0 saturated carbocycles. The van der Waals surface area contributed by atoms with Crippen molar-refractivity contribution in [1.82, 2.24) is 0 Å². The summed E-state index contributed by atoms with van der Waals surface area (Å²) >= 11 is 3.31. The topological polar surface area (TPSA) is 57.5 Å². The van der Waals surface area contributed by atoms with Crippen LogP contribution in [0.2, 0.25) is 0 Å². The Morgan fingerprint density at radius 3 is 2.00 bits per heavy atom. The Labute approximate surface area is 91.5 Å². The minimum Gasteiger partial charge on any atom is -0.481 e. The van der Waals surface area contributed by atoms with E-state index in [1.165, 1.54) is 0 Å². The predicted octanol–water partition coefficient (Wildman–Crippen LogP) is 2.59. The van der Waals surface area contributed by atoms with Crippen molar-refractivity contribution in [1.29, 1.82) is 0 Å². The van der Waals surface area contributed by atoms with E-state index in [2.05, 4.69) is 15.9 Å². The van der Waals surface area contributed by atoms with E-state index in [1.807, 2.05) is 24.3 Å². The fourth-order valence-corrected chi connectivity index (χ4v) is 1.01. The average Bonchev–Trinajstić information content (AvgIpc) is 2.03. The highest BCUT2D eigenvalue weighted by atomic mass is 79.9. The van der Waals surface area contributed by atoms with Gasteiger partial charge in [-0.05, 0) is 24.6 Å².